The molecule has 0 fully saturated rings. The topological polar surface area (TPSA) is 17.1 Å². The molecule has 0 amide bonds. The van der Waals surface area contributed by atoms with Gasteiger partial charge in [0, 0.05) is 6.42 Å². The lowest BCUT2D eigenvalue weighted by molar-refractivity contribution is -0.116. The number of Topliss-reactive ketones (excluding diaryl/α,β-unsaturated/α-hetero) is 1. The Balaban J connectivity index is 2.75. The van der Waals surface area contributed by atoms with Crippen molar-refractivity contribution in [3.63, 3.8) is 0 Å². The Bertz CT molecular complexity index is 318. The number of carbonyl (C=O) groups excluding carboxylic acids is 1. The first-order valence-electron chi connectivity index (χ1n) is 4.34. The number of hydrogen-bond acceptors (Lipinski definition) is 1. The Morgan fingerprint density at radius 3 is 2.77 bits per heavy atom. The van der Waals surface area contributed by atoms with Crippen LogP contribution in [-0.4, -0.2) is 5.78 Å². The summed E-state index contributed by atoms with van der Waals surface area (Å²) in [4.78, 5) is 10.7. The third-order valence-corrected chi connectivity index (χ3v) is 2.06. The monoisotopic (exact) mass is 180 g/mol. The smallest absolute Gasteiger partial charge is 0.130 e. The molecular weight excluding hydrogens is 167 g/mol. The zero-order chi connectivity index (χ0) is 9.84. The number of rotatable bonds is 3. The molecule has 0 saturated carbocycles. The van der Waals surface area contributed by atoms with Crippen LogP contribution in [0.2, 0.25) is 0 Å². The standard InChI is InChI=1S/C11H13FO/c1-8-3-6-11(12)7-10(8)5-4-9(2)13/h3,6-7H,4-5H2,1-2H3. The molecule has 1 aromatic carbocycles. The lowest BCUT2D eigenvalue weighted by Crippen LogP contribution is -1.96. The first kappa shape index (κ1) is 9.90. The van der Waals surface area contributed by atoms with Crippen molar-refractivity contribution in [2.24, 2.45) is 0 Å². The van der Waals surface area contributed by atoms with Crippen LogP contribution in [0.5, 0.6) is 0 Å². The van der Waals surface area contributed by atoms with Gasteiger partial charge in [0.15, 0.2) is 0 Å². The van der Waals surface area contributed by atoms with Gasteiger partial charge in [-0.05, 0) is 43.5 Å². The summed E-state index contributed by atoms with van der Waals surface area (Å²) in [5, 5.41) is 0. The largest absolute Gasteiger partial charge is 0.300 e. The van der Waals surface area contributed by atoms with Crippen molar-refractivity contribution < 1.29 is 9.18 Å². The second kappa shape index (κ2) is 4.17. The van der Waals surface area contributed by atoms with E-state index in [0.717, 1.165) is 11.1 Å². The maximum atomic E-state index is 12.8. The van der Waals surface area contributed by atoms with Crippen LogP contribution >= 0.6 is 0 Å². The van der Waals surface area contributed by atoms with E-state index in [2.05, 4.69) is 0 Å². The zero-order valence-electron chi connectivity index (χ0n) is 7.93. The molecule has 0 atom stereocenters. The van der Waals surface area contributed by atoms with E-state index in [1.807, 2.05) is 6.92 Å². The third kappa shape index (κ3) is 2.98. The Hall–Kier alpha value is -1.18. The number of ketones is 1. The summed E-state index contributed by atoms with van der Waals surface area (Å²) in [5.41, 5.74) is 1.97. The minimum atomic E-state index is -0.232. The number of halogens is 1. The number of carbonyl (C=O) groups is 1. The van der Waals surface area contributed by atoms with Crippen molar-refractivity contribution in [1.82, 2.24) is 0 Å². The first-order chi connectivity index (χ1) is 6.09. The van der Waals surface area contributed by atoms with Crippen molar-refractivity contribution >= 4 is 5.78 Å². The van der Waals surface area contributed by atoms with E-state index in [1.54, 1.807) is 13.0 Å². The van der Waals surface area contributed by atoms with Gasteiger partial charge in [0.25, 0.3) is 0 Å². The highest BCUT2D eigenvalue weighted by molar-refractivity contribution is 5.75. The molecule has 2 heteroatoms. The van der Waals surface area contributed by atoms with Gasteiger partial charge in [-0.3, -0.25) is 0 Å². The highest BCUT2D eigenvalue weighted by atomic mass is 19.1. The molecule has 0 radical (unpaired) electrons. The summed E-state index contributed by atoms with van der Waals surface area (Å²) in [6.07, 6.45) is 1.13. The molecule has 13 heavy (non-hydrogen) atoms. The van der Waals surface area contributed by atoms with Crippen LogP contribution in [0.1, 0.15) is 24.5 Å². The molecule has 0 heterocycles. The van der Waals surface area contributed by atoms with Crippen LogP contribution in [0.25, 0.3) is 0 Å². The predicted molar refractivity (Wildman–Crippen MR) is 50.1 cm³/mol. The fourth-order valence-electron chi connectivity index (χ4n) is 1.22. The number of benzene rings is 1. The Kier molecular flexibility index (Phi) is 3.18. The summed E-state index contributed by atoms with van der Waals surface area (Å²) in [6, 6.07) is 4.68. The molecule has 1 rings (SSSR count). The quantitative estimate of drug-likeness (QED) is 0.698. The minimum Gasteiger partial charge on any atom is -0.300 e. The van der Waals surface area contributed by atoms with Crippen LogP contribution in [0, 0.1) is 12.7 Å². The molecule has 0 spiro atoms. The average Bonchev–Trinajstić information content (AvgIpc) is 2.06. The van der Waals surface area contributed by atoms with Gasteiger partial charge in [0.1, 0.15) is 11.6 Å². The summed E-state index contributed by atoms with van der Waals surface area (Å²) in [5.74, 6) is -0.0900. The van der Waals surface area contributed by atoms with Gasteiger partial charge >= 0.3 is 0 Å². The molecule has 0 aliphatic carbocycles. The van der Waals surface area contributed by atoms with Crippen LogP contribution in [-0.2, 0) is 11.2 Å². The summed E-state index contributed by atoms with van der Waals surface area (Å²) in [7, 11) is 0. The third-order valence-electron chi connectivity index (χ3n) is 2.06. The molecule has 70 valence electrons. The number of aryl methyl sites for hydroxylation is 2. The molecule has 0 N–H and O–H groups in total. The van der Waals surface area contributed by atoms with Gasteiger partial charge in [-0.15, -0.1) is 0 Å². The van der Waals surface area contributed by atoms with Crippen LogP contribution < -0.4 is 0 Å². The molecule has 1 aromatic rings. The van der Waals surface area contributed by atoms with Crippen molar-refractivity contribution in [2.45, 2.75) is 26.7 Å². The van der Waals surface area contributed by atoms with E-state index >= 15 is 0 Å². The average molecular weight is 180 g/mol. The zero-order valence-corrected chi connectivity index (χ0v) is 7.93. The van der Waals surface area contributed by atoms with Crippen molar-refractivity contribution in [3.05, 3.63) is 35.1 Å². The Labute approximate surface area is 77.6 Å². The van der Waals surface area contributed by atoms with Gasteiger partial charge in [0.2, 0.25) is 0 Å². The van der Waals surface area contributed by atoms with Crippen LogP contribution in [0.3, 0.4) is 0 Å². The fraction of sp³-hybridized carbons (Fsp3) is 0.364. The fourth-order valence-corrected chi connectivity index (χ4v) is 1.22. The SMILES string of the molecule is CC(=O)CCc1cc(F)ccc1C. The second-order valence-electron chi connectivity index (χ2n) is 3.27. The highest BCUT2D eigenvalue weighted by Crippen LogP contribution is 2.12. The van der Waals surface area contributed by atoms with Crippen LogP contribution in [0.4, 0.5) is 4.39 Å². The molecule has 0 aliphatic heterocycles. The van der Waals surface area contributed by atoms with E-state index in [0.29, 0.717) is 12.8 Å². The predicted octanol–water partition coefficient (Wildman–Crippen LogP) is 2.66. The summed E-state index contributed by atoms with van der Waals surface area (Å²) < 4.78 is 12.8. The maximum absolute atomic E-state index is 12.8. The summed E-state index contributed by atoms with van der Waals surface area (Å²) in [6.45, 7) is 3.48. The van der Waals surface area contributed by atoms with Crippen LogP contribution in [0.15, 0.2) is 18.2 Å². The Morgan fingerprint density at radius 1 is 1.46 bits per heavy atom. The van der Waals surface area contributed by atoms with Gasteiger partial charge in [-0.2, -0.15) is 0 Å². The molecule has 0 aliphatic rings. The Morgan fingerprint density at radius 2 is 2.15 bits per heavy atom. The number of hydrogen-bond donors (Lipinski definition) is 0. The minimum absolute atomic E-state index is 0.142. The van der Waals surface area contributed by atoms with Gasteiger partial charge in [-0.1, -0.05) is 6.07 Å². The van der Waals surface area contributed by atoms with Crippen molar-refractivity contribution in [3.8, 4) is 0 Å². The normalized spacial score (nSPS) is 10.1. The molecule has 0 unspecified atom stereocenters. The van der Waals surface area contributed by atoms with E-state index in [1.165, 1.54) is 12.1 Å². The molecular formula is C11H13FO. The lowest BCUT2D eigenvalue weighted by atomic mass is 10.0. The highest BCUT2D eigenvalue weighted by Gasteiger charge is 2.01. The van der Waals surface area contributed by atoms with E-state index < -0.39 is 0 Å². The van der Waals surface area contributed by atoms with E-state index in [4.69, 9.17) is 0 Å². The molecule has 1 nitrogen and oxygen atoms in total. The van der Waals surface area contributed by atoms with E-state index in [-0.39, 0.29) is 11.6 Å². The van der Waals surface area contributed by atoms with Gasteiger partial charge in [0.05, 0.1) is 0 Å². The van der Waals surface area contributed by atoms with Crippen molar-refractivity contribution in [1.29, 1.82) is 0 Å². The van der Waals surface area contributed by atoms with Gasteiger partial charge < -0.3 is 4.79 Å². The van der Waals surface area contributed by atoms with E-state index in [9.17, 15) is 9.18 Å². The molecule has 0 saturated heterocycles. The summed E-state index contributed by atoms with van der Waals surface area (Å²) >= 11 is 0. The van der Waals surface area contributed by atoms with Gasteiger partial charge in [-0.25, -0.2) is 4.39 Å². The second-order valence-corrected chi connectivity index (χ2v) is 3.27. The molecule has 0 bridgehead atoms. The first-order valence-corrected chi connectivity index (χ1v) is 4.34. The lowest BCUT2D eigenvalue weighted by Gasteiger charge is -2.03. The maximum Gasteiger partial charge on any atom is 0.130 e. The molecule has 0 aromatic heterocycles. The van der Waals surface area contributed by atoms with Crippen molar-refractivity contribution in [2.75, 3.05) is 0 Å².